The Hall–Kier alpha value is -0.790. The van der Waals surface area contributed by atoms with Crippen LogP contribution in [-0.4, -0.2) is 36.4 Å². The molecular formula is C11H10ClFN2O2S2. The van der Waals surface area contributed by atoms with Gasteiger partial charge in [-0.3, -0.25) is 5.41 Å². The van der Waals surface area contributed by atoms with Gasteiger partial charge in [-0.05, 0) is 18.2 Å². The Labute approximate surface area is 119 Å². The van der Waals surface area contributed by atoms with Crippen molar-refractivity contribution in [1.29, 1.82) is 5.41 Å². The molecule has 1 N–H and O–H groups in total. The minimum atomic E-state index is -3.07. The van der Waals surface area contributed by atoms with Crippen LogP contribution in [0.2, 0.25) is 5.02 Å². The predicted octanol–water partition coefficient (Wildman–Crippen LogP) is 2.13. The number of nitrogens with zero attached hydrogens (tertiary/aromatic N) is 1. The monoisotopic (exact) mass is 320 g/mol. The molecule has 0 amide bonds. The van der Waals surface area contributed by atoms with E-state index >= 15 is 0 Å². The lowest BCUT2D eigenvalue weighted by atomic mass is 10.2. The van der Waals surface area contributed by atoms with Crippen molar-refractivity contribution in [3.8, 4) is 0 Å². The molecule has 2 aliphatic rings. The first-order valence-electron chi connectivity index (χ1n) is 5.57. The fourth-order valence-corrected chi connectivity index (χ4v) is 6.35. The van der Waals surface area contributed by atoms with Gasteiger partial charge in [0.05, 0.1) is 22.6 Å². The Morgan fingerprint density at radius 3 is 2.84 bits per heavy atom. The molecule has 0 aliphatic carbocycles. The fourth-order valence-electron chi connectivity index (χ4n) is 2.44. The highest BCUT2D eigenvalue weighted by Crippen LogP contribution is 2.40. The highest BCUT2D eigenvalue weighted by atomic mass is 35.5. The Morgan fingerprint density at radius 1 is 1.42 bits per heavy atom. The molecular weight excluding hydrogens is 311 g/mol. The van der Waals surface area contributed by atoms with Gasteiger partial charge in [-0.2, -0.15) is 0 Å². The van der Waals surface area contributed by atoms with E-state index in [2.05, 4.69) is 0 Å². The van der Waals surface area contributed by atoms with Crippen molar-refractivity contribution < 1.29 is 12.8 Å². The molecule has 2 saturated heterocycles. The lowest BCUT2D eigenvalue weighted by Gasteiger charge is -2.23. The van der Waals surface area contributed by atoms with Crippen molar-refractivity contribution >= 4 is 44.1 Å². The summed E-state index contributed by atoms with van der Waals surface area (Å²) in [7, 11) is -3.07. The number of nitrogens with one attached hydrogen (secondary N) is 1. The van der Waals surface area contributed by atoms with E-state index in [9.17, 15) is 12.8 Å². The third-order valence-electron chi connectivity index (χ3n) is 3.27. The fraction of sp³-hybridized carbons (Fsp3) is 0.364. The third kappa shape index (κ3) is 2.23. The summed E-state index contributed by atoms with van der Waals surface area (Å²) >= 11 is 6.86. The highest BCUT2D eigenvalue weighted by molar-refractivity contribution is 8.15. The summed E-state index contributed by atoms with van der Waals surface area (Å²) in [6, 6.07) is 3.97. The van der Waals surface area contributed by atoms with E-state index in [-0.39, 0.29) is 33.0 Å². The van der Waals surface area contributed by atoms with Crippen molar-refractivity contribution in [1.82, 2.24) is 0 Å². The van der Waals surface area contributed by atoms with Gasteiger partial charge in [-0.1, -0.05) is 23.4 Å². The number of rotatable bonds is 1. The van der Waals surface area contributed by atoms with Crippen LogP contribution < -0.4 is 4.90 Å². The van der Waals surface area contributed by atoms with E-state index in [1.54, 1.807) is 11.0 Å². The Balaban J connectivity index is 1.99. The van der Waals surface area contributed by atoms with Crippen molar-refractivity contribution in [2.24, 2.45) is 0 Å². The van der Waals surface area contributed by atoms with E-state index < -0.39 is 15.7 Å². The zero-order valence-corrected chi connectivity index (χ0v) is 12.0. The van der Waals surface area contributed by atoms with Crippen LogP contribution in [0.15, 0.2) is 18.2 Å². The SMILES string of the molecule is N=C1S[C@@H]2CS(=O)(=O)C[C@H]2N1c1ccc(Cl)c(F)c1. The van der Waals surface area contributed by atoms with Gasteiger partial charge in [-0.25, -0.2) is 12.8 Å². The van der Waals surface area contributed by atoms with E-state index in [1.165, 1.54) is 23.9 Å². The average Bonchev–Trinajstić information content (AvgIpc) is 2.73. The summed E-state index contributed by atoms with van der Waals surface area (Å²) in [5.41, 5.74) is 0.476. The van der Waals surface area contributed by atoms with Crippen LogP contribution in [0.1, 0.15) is 0 Å². The van der Waals surface area contributed by atoms with Gasteiger partial charge in [0, 0.05) is 10.9 Å². The van der Waals surface area contributed by atoms with Gasteiger partial charge in [0.2, 0.25) is 0 Å². The lowest BCUT2D eigenvalue weighted by molar-refractivity contribution is 0.601. The molecule has 2 atom stereocenters. The molecule has 0 aromatic heterocycles. The average molecular weight is 321 g/mol. The first-order valence-corrected chi connectivity index (χ1v) is 8.65. The van der Waals surface area contributed by atoms with Crippen molar-refractivity contribution in [2.45, 2.75) is 11.3 Å². The molecule has 8 heteroatoms. The summed E-state index contributed by atoms with van der Waals surface area (Å²) in [4.78, 5) is 1.58. The second-order valence-corrected chi connectivity index (χ2v) is 8.36. The van der Waals surface area contributed by atoms with Crippen LogP contribution >= 0.6 is 23.4 Å². The Morgan fingerprint density at radius 2 is 2.16 bits per heavy atom. The second kappa shape index (κ2) is 4.36. The van der Waals surface area contributed by atoms with Crippen molar-refractivity contribution in [3.63, 3.8) is 0 Å². The van der Waals surface area contributed by atoms with Crippen molar-refractivity contribution in [2.75, 3.05) is 16.4 Å². The van der Waals surface area contributed by atoms with Gasteiger partial charge in [0.25, 0.3) is 0 Å². The number of anilines is 1. The maximum atomic E-state index is 13.5. The summed E-state index contributed by atoms with van der Waals surface area (Å²) in [6.07, 6.45) is 0. The molecule has 0 radical (unpaired) electrons. The van der Waals surface area contributed by atoms with Gasteiger partial charge < -0.3 is 4.90 Å². The first-order chi connectivity index (χ1) is 8.87. The van der Waals surface area contributed by atoms with E-state index in [0.29, 0.717) is 5.69 Å². The topological polar surface area (TPSA) is 61.2 Å². The minimum absolute atomic E-state index is 0.0112. The van der Waals surface area contributed by atoms with Crippen LogP contribution in [-0.2, 0) is 9.84 Å². The standard InChI is InChI=1S/C11H10ClFN2O2S2/c12-7-2-1-6(3-8(7)13)15-9-4-19(16,17)5-10(9)18-11(15)14/h1-3,9-10,14H,4-5H2/t9-,10-/m1/s1. The number of amidine groups is 1. The second-order valence-electron chi connectivity index (χ2n) is 4.57. The number of hydrogen-bond donors (Lipinski definition) is 1. The summed E-state index contributed by atoms with van der Waals surface area (Å²) in [5.74, 6) is -0.476. The van der Waals surface area contributed by atoms with Gasteiger partial charge in [0.1, 0.15) is 5.82 Å². The molecule has 1 aromatic carbocycles. The van der Waals surface area contributed by atoms with Crippen LogP contribution in [0.5, 0.6) is 0 Å². The third-order valence-corrected chi connectivity index (χ3v) is 6.70. The molecule has 0 saturated carbocycles. The number of thioether (sulfide) groups is 1. The number of fused-ring (bicyclic) bond motifs is 1. The minimum Gasteiger partial charge on any atom is -0.316 e. The molecule has 0 spiro atoms. The van der Waals surface area contributed by atoms with Gasteiger partial charge in [0.15, 0.2) is 15.0 Å². The predicted molar refractivity (Wildman–Crippen MR) is 75.4 cm³/mol. The maximum Gasteiger partial charge on any atom is 0.161 e. The molecule has 4 nitrogen and oxygen atoms in total. The smallest absolute Gasteiger partial charge is 0.161 e. The van der Waals surface area contributed by atoms with Crippen molar-refractivity contribution in [3.05, 3.63) is 29.0 Å². The summed E-state index contributed by atoms with van der Waals surface area (Å²) in [5, 5.41) is 8.06. The quantitative estimate of drug-likeness (QED) is 0.861. The van der Waals surface area contributed by atoms with Gasteiger partial charge in [-0.15, -0.1) is 0 Å². The van der Waals surface area contributed by atoms with Crippen LogP contribution in [0.4, 0.5) is 10.1 Å². The highest BCUT2D eigenvalue weighted by Gasteiger charge is 2.48. The Bertz CT molecular complexity index is 665. The molecule has 1 aromatic rings. The van der Waals surface area contributed by atoms with Crippen LogP contribution in [0, 0.1) is 11.2 Å². The summed E-state index contributed by atoms with van der Waals surface area (Å²) in [6.45, 7) is 0. The molecule has 2 heterocycles. The number of halogens is 2. The van der Waals surface area contributed by atoms with E-state index in [1.807, 2.05) is 0 Å². The summed E-state index contributed by atoms with van der Waals surface area (Å²) < 4.78 is 36.8. The Kier molecular flexibility index (Phi) is 3.03. The maximum absolute atomic E-state index is 13.5. The normalized spacial score (nSPS) is 28.7. The first kappa shape index (κ1) is 13.2. The zero-order valence-electron chi connectivity index (χ0n) is 9.64. The lowest BCUT2D eigenvalue weighted by Crippen LogP contribution is -2.37. The zero-order chi connectivity index (χ0) is 13.8. The largest absolute Gasteiger partial charge is 0.316 e. The van der Waals surface area contributed by atoms with E-state index in [4.69, 9.17) is 17.0 Å². The van der Waals surface area contributed by atoms with E-state index in [0.717, 1.165) is 0 Å². The van der Waals surface area contributed by atoms with Gasteiger partial charge >= 0.3 is 0 Å². The molecule has 2 fully saturated rings. The molecule has 0 bridgehead atoms. The number of benzene rings is 1. The van der Waals surface area contributed by atoms with Crippen LogP contribution in [0.25, 0.3) is 0 Å². The number of hydrogen-bond acceptors (Lipinski definition) is 4. The number of sulfone groups is 1. The van der Waals surface area contributed by atoms with Crippen LogP contribution in [0.3, 0.4) is 0 Å². The molecule has 19 heavy (non-hydrogen) atoms. The molecule has 102 valence electrons. The molecule has 3 rings (SSSR count). The molecule has 0 unspecified atom stereocenters. The molecule has 2 aliphatic heterocycles.